The van der Waals surface area contributed by atoms with Crippen molar-refractivity contribution in [2.45, 2.75) is 5.40 Å². The van der Waals surface area contributed by atoms with Gasteiger partial charge in [0.25, 0.3) is 0 Å². The SMILES string of the molecule is C=C(P(=O)(O)O)P(=O)(O)OCC(P(=O)(O)O)P(=O)(O)O. The van der Waals surface area contributed by atoms with Gasteiger partial charge in [0.15, 0.2) is 5.40 Å². The Morgan fingerprint density at radius 2 is 1.25 bits per heavy atom. The van der Waals surface area contributed by atoms with Gasteiger partial charge in [0.1, 0.15) is 5.06 Å². The van der Waals surface area contributed by atoms with Gasteiger partial charge in [-0.05, 0) is 0 Å². The zero-order chi connectivity index (χ0) is 16.6. The Balaban J connectivity index is 5.22. The summed E-state index contributed by atoms with van der Waals surface area (Å²) in [4.78, 5) is 61.1. The molecule has 12 nitrogen and oxygen atoms in total. The molecule has 1 atom stereocenters. The monoisotopic (exact) mass is 376 g/mol. The average molecular weight is 376 g/mol. The van der Waals surface area contributed by atoms with Gasteiger partial charge in [-0.15, -0.1) is 0 Å². The predicted octanol–water partition coefficient (Wildman–Crippen LogP) is -0.481. The van der Waals surface area contributed by atoms with Crippen molar-refractivity contribution in [3.63, 3.8) is 0 Å². The summed E-state index contributed by atoms with van der Waals surface area (Å²) in [5.41, 5.74) is 0. The average Bonchev–Trinajstić information content (AvgIpc) is 2.10. The van der Waals surface area contributed by atoms with Gasteiger partial charge in [-0.3, -0.25) is 18.3 Å². The van der Waals surface area contributed by atoms with Gasteiger partial charge in [-0.25, -0.2) is 0 Å². The fourth-order valence-corrected chi connectivity index (χ4v) is 5.13. The summed E-state index contributed by atoms with van der Waals surface area (Å²) in [6.07, 6.45) is 0. The van der Waals surface area contributed by atoms with Crippen molar-refractivity contribution in [2.75, 3.05) is 6.61 Å². The van der Waals surface area contributed by atoms with Crippen LogP contribution in [0.2, 0.25) is 0 Å². The van der Waals surface area contributed by atoms with Crippen molar-refractivity contribution in [3.8, 4) is 0 Å². The standard InChI is InChI=1S/C4H12O12P4/c1-3(17(5,6)7)20(14,15)16-2-4(18(8,9)10)19(11,12)13/h4H,1-2H2,(H,14,15)(H2,5,6,7)(H2,8,9,10)(H2,11,12,13). The van der Waals surface area contributed by atoms with Gasteiger partial charge in [-0.1, -0.05) is 6.58 Å². The van der Waals surface area contributed by atoms with Gasteiger partial charge in [0, 0.05) is 0 Å². The minimum atomic E-state index is -5.40. The lowest BCUT2D eigenvalue weighted by Gasteiger charge is -2.21. The number of rotatable bonds is 7. The lowest BCUT2D eigenvalue weighted by molar-refractivity contribution is 0.253. The van der Waals surface area contributed by atoms with Crippen LogP contribution in [-0.2, 0) is 22.8 Å². The molecule has 0 aromatic carbocycles. The molecule has 20 heavy (non-hydrogen) atoms. The van der Waals surface area contributed by atoms with Crippen molar-refractivity contribution in [3.05, 3.63) is 11.6 Å². The molecule has 16 heteroatoms. The number of hydrogen-bond acceptors (Lipinski definition) is 5. The molecule has 0 aliphatic heterocycles. The fourth-order valence-electron chi connectivity index (χ4n) is 0.797. The largest absolute Gasteiger partial charge is 0.366 e. The summed E-state index contributed by atoms with van der Waals surface area (Å²) >= 11 is 0. The second-order valence-corrected chi connectivity index (χ2v) is 11.3. The quantitative estimate of drug-likeness (QED) is 0.280. The van der Waals surface area contributed by atoms with Crippen LogP contribution in [0.4, 0.5) is 0 Å². The van der Waals surface area contributed by atoms with Crippen LogP contribution in [0.15, 0.2) is 11.6 Å². The van der Waals surface area contributed by atoms with Crippen molar-refractivity contribution in [2.24, 2.45) is 0 Å². The first-order valence-electron chi connectivity index (χ1n) is 4.33. The van der Waals surface area contributed by atoms with E-state index in [2.05, 4.69) is 11.1 Å². The molecule has 0 aromatic rings. The van der Waals surface area contributed by atoms with E-state index in [0.717, 1.165) is 0 Å². The first-order valence-corrected chi connectivity index (χ1v) is 10.9. The highest BCUT2D eigenvalue weighted by Gasteiger charge is 2.46. The molecule has 0 spiro atoms. The lowest BCUT2D eigenvalue weighted by atomic mass is 10.9. The normalized spacial score (nSPS) is 17.0. The minimum Gasteiger partial charge on any atom is -0.324 e. The summed E-state index contributed by atoms with van der Waals surface area (Å²) in [7, 11) is -21.3. The smallest absolute Gasteiger partial charge is 0.324 e. The van der Waals surface area contributed by atoms with E-state index in [4.69, 9.17) is 34.3 Å². The van der Waals surface area contributed by atoms with Crippen LogP contribution >= 0.6 is 30.4 Å². The van der Waals surface area contributed by atoms with Gasteiger partial charge in [0.2, 0.25) is 0 Å². The Labute approximate surface area is 112 Å². The highest BCUT2D eigenvalue weighted by Crippen LogP contribution is 2.67. The Morgan fingerprint density at radius 3 is 1.50 bits per heavy atom. The minimum absolute atomic E-state index is 1.57. The molecule has 0 fully saturated rings. The van der Waals surface area contributed by atoms with Gasteiger partial charge >= 0.3 is 30.4 Å². The van der Waals surface area contributed by atoms with Crippen LogP contribution in [0.5, 0.6) is 0 Å². The Kier molecular flexibility index (Phi) is 6.33. The number of hydrogen-bond donors (Lipinski definition) is 7. The Morgan fingerprint density at radius 1 is 0.900 bits per heavy atom. The van der Waals surface area contributed by atoms with E-state index < -0.39 is 47.4 Å². The second kappa shape index (κ2) is 6.22. The Hall–Kier alpha value is 0.340. The molecule has 0 amide bonds. The molecule has 0 aliphatic rings. The van der Waals surface area contributed by atoms with E-state index in [9.17, 15) is 18.3 Å². The lowest BCUT2D eigenvalue weighted by Crippen LogP contribution is -2.16. The third-order valence-corrected chi connectivity index (χ3v) is 8.86. The van der Waals surface area contributed by atoms with E-state index in [1.807, 2.05) is 0 Å². The highest BCUT2D eigenvalue weighted by atomic mass is 31.2. The predicted molar refractivity (Wildman–Crippen MR) is 64.8 cm³/mol. The third kappa shape index (κ3) is 5.99. The molecule has 120 valence electrons. The molecule has 0 saturated carbocycles. The fraction of sp³-hybridized carbons (Fsp3) is 0.500. The van der Waals surface area contributed by atoms with Crippen LogP contribution in [0.1, 0.15) is 0 Å². The van der Waals surface area contributed by atoms with Crippen LogP contribution < -0.4 is 0 Å². The molecular formula is C4H12O12P4. The molecule has 0 aromatic heterocycles. The molecule has 0 saturated heterocycles. The van der Waals surface area contributed by atoms with Crippen molar-refractivity contribution >= 4 is 30.4 Å². The summed E-state index contributed by atoms with van der Waals surface area (Å²) < 4.78 is 47.7. The third-order valence-electron chi connectivity index (χ3n) is 1.84. The molecule has 1 unspecified atom stereocenters. The maximum absolute atomic E-state index is 11.4. The maximum Gasteiger partial charge on any atom is 0.366 e. The van der Waals surface area contributed by atoms with E-state index in [1.54, 1.807) is 0 Å². The van der Waals surface area contributed by atoms with Crippen molar-refractivity contribution in [1.82, 2.24) is 0 Å². The second-order valence-electron chi connectivity index (χ2n) is 3.44. The molecule has 0 aliphatic carbocycles. The topological polar surface area (TPSA) is 219 Å². The molecule has 0 rings (SSSR count). The summed E-state index contributed by atoms with van der Waals surface area (Å²) in [6, 6.07) is 0. The van der Waals surface area contributed by atoms with E-state index >= 15 is 0 Å². The van der Waals surface area contributed by atoms with Gasteiger partial charge in [-0.2, -0.15) is 0 Å². The van der Waals surface area contributed by atoms with Gasteiger partial charge in [0.05, 0.1) is 6.61 Å². The first-order chi connectivity index (χ1) is 8.49. The van der Waals surface area contributed by atoms with Crippen LogP contribution in [0, 0.1) is 0 Å². The van der Waals surface area contributed by atoms with E-state index in [-0.39, 0.29) is 0 Å². The van der Waals surface area contributed by atoms with E-state index in [1.165, 1.54) is 0 Å². The first kappa shape index (κ1) is 20.3. The van der Waals surface area contributed by atoms with E-state index in [0.29, 0.717) is 0 Å². The zero-order valence-electron chi connectivity index (χ0n) is 9.45. The summed E-state index contributed by atoms with van der Waals surface area (Å²) in [5.74, 6) is 0. The summed E-state index contributed by atoms with van der Waals surface area (Å²) in [6.45, 7) is 1.00. The Bertz CT molecular complexity index is 538. The molecule has 0 bridgehead atoms. The van der Waals surface area contributed by atoms with Crippen LogP contribution in [0.3, 0.4) is 0 Å². The zero-order valence-corrected chi connectivity index (χ0v) is 13.0. The van der Waals surface area contributed by atoms with Crippen LogP contribution in [-0.4, -0.2) is 46.3 Å². The molecule has 7 N–H and O–H groups in total. The molecule has 0 heterocycles. The van der Waals surface area contributed by atoms with Crippen LogP contribution in [0.25, 0.3) is 0 Å². The molecule has 0 radical (unpaired) electrons. The molecular weight excluding hydrogens is 364 g/mol. The van der Waals surface area contributed by atoms with Gasteiger partial charge < -0.3 is 38.8 Å². The maximum atomic E-state index is 11.4. The highest BCUT2D eigenvalue weighted by molar-refractivity contribution is 7.77. The van der Waals surface area contributed by atoms with Crippen molar-refractivity contribution in [1.29, 1.82) is 0 Å². The summed E-state index contributed by atoms with van der Waals surface area (Å²) in [5, 5.41) is -4.32. The van der Waals surface area contributed by atoms with Crippen molar-refractivity contribution < 1.29 is 57.0 Å².